The van der Waals surface area contributed by atoms with Crippen LogP contribution in [0.1, 0.15) is 31.1 Å². The maximum atomic E-state index is 11.8. The van der Waals surface area contributed by atoms with Gasteiger partial charge in [0, 0.05) is 22.1 Å². The fourth-order valence-electron chi connectivity index (χ4n) is 1.50. The summed E-state index contributed by atoms with van der Waals surface area (Å²) in [4.78, 5) is 16.0. The number of halogens is 1. The fraction of sp³-hybridized carbons (Fsp3) is 0.429. The van der Waals surface area contributed by atoms with E-state index in [2.05, 4.69) is 31.6 Å². The van der Waals surface area contributed by atoms with Crippen LogP contribution in [0.2, 0.25) is 0 Å². The first-order valence-electron chi connectivity index (χ1n) is 6.40. The number of carbonyl (C=O) groups is 1. The summed E-state index contributed by atoms with van der Waals surface area (Å²) in [6, 6.07) is 7.23. The lowest BCUT2D eigenvalue weighted by Gasteiger charge is -2.20. The third kappa shape index (κ3) is 6.56. The smallest absolute Gasteiger partial charge is 0.251 e. The second-order valence-corrected chi connectivity index (χ2v) is 6.32. The Morgan fingerprint density at radius 3 is 2.70 bits per heavy atom. The summed E-state index contributed by atoms with van der Waals surface area (Å²) >= 11 is 3.33. The molecule has 110 valence electrons. The lowest BCUT2D eigenvalue weighted by atomic mass is 10.1. The predicted molar refractivity (Wildman–Crippen MR) is 85.9 cm³/mol. The number of carbonyl (C=O) groups excluding carboxylic acids is 1. The van der Waals surface area contributed by atoms with Crippen LogP contribution in [0.15, 0.2) is 33.7 Å². The van der Waals surface area contributed by atoms with Gasteiger partial charge in [-0.05, 0) is 39.0 Å². The van der Waals surface area contributed by atoms with Crippen molar-refractivity contribution >= 4 is 27.8 Å². The molecular formula is C14H21BrN4O. The minimum atomic E-state index is -0.121. The molecule has 0 aliphatic heterocycles. The summed E-state index contributed by atoms with van der Waals surface area (Å²) in [5.41, 5.74) is 6.22. The van der Waals surface area contributed by atoms with E-state index in [1.54, 1.807) is 12.1 Å². The van der Waals surface area contributed by atoms with E-state index in [1.165, 1.54) is 0 Å². The lowest BCUT2D eigenvalue weighted by Crippen LogP contribution is -2.45. The molecule has 1 amide bonds. The Balaban J connectivity index is 2.38. The van der Waals surface area contributed by atoms with Crippen molar-refractivity contribution < 1.29 is 4.79 Å². The van der Waals surface area contributed by atoms with E-state index in [-0.39, 0.29) is 11.4 Å². The highest BCUT2D eigenvalue weighted by Crippen LogP contribution is 2.11. The first kappa shape index (κ1) is 16.5. The van der Waals surface area contributed by atoms with Gasteiger partial charge >= 0.3 is 0 Å². The number of benzene rings is 1. The highest BCUT2D eigenvalue weighted by atomic mass is 79.9. The summed E-state index contributed by atoms with van der Waals surface area (Å²) in [6.07, 6.45) is 0. The Morgan fingerprint density at radius 1 is 1.40 bits per heavy atom. The van der Waals surface area contributed by atoms with Crippen molar-refractivity contribution in [2.75, 3.05) is 13.1 Å². The number of hydrogen-bond acceptors (Lipinski definition) is 2. The van der Waals surface area contributed by atoms with Gasteiger partial charge in [-0.2, -0.15) is 0 Å². The Labute approximate surface area is 128 Å². The Hall–Kier alpha value is -1.56. The van der Waals surface area contributed by atoms with Crippen molar-refractivity contribution in [1.29, 1.82) is 0 Å². The third-order valence-electron chi connectivity index (χ3n) is 2.27. The summed E-state index contributed by atoms with van der Waals surface area (Å²) in [5.74, 6) is 0.262. The number of amides is 1. The van der Waals surface area contributed by atoms with Crippen molar-refractivity contribution in [3.05, 3.63) is 34.3 Å². The van der Waals surface area contributed by atoms with E-state index in [0.29, 0.717) is 24.6 Å². The molecule has 0 spiro atoms. The van der Waals surface area contributed by atoms with Crippen molar-refractivity contribution in [1.82, 2.24) is 10.6 Å². The summed E-state index contributed by atoms with van der Waals surface area (Å²) < 4.78 is 0.877. The molecule has 0 heterocycles. The molecule has 0 bridgehead atoms. The molecule has 0 radical (unpaired) electrons. The first-order chi connectivity index (χ1) is 9.28. The number of nitrogens with one attached hydrogen (secondary N) is 2. The monoisotopic (exact) mass is 340 g/mol. The number of nitrogens with two attached hydrogens (primary N) is 1. The molecule has 1 aromatic rings. The zero-order chi connectivity index (χ0) is 15.2. The normalized spacial score (nSPS) is 12.1. The maximum absolute atomic E-state index is 11.8. The number of nitrogens with zero attached hydrogens (tertiary/aromatic N) is 1. The topological polar surface area (TPSA) is 79.5 Å². The zero-order valence-electron chi connectivity index (χ0n) is 12.0. The molecule has 0 atom stereocenters. The first-order valence-corrected chi connectivity index (χ1v) is 7.19. The van der Waals surface area contributed by atoms with Crippen molar-refractivity contribution in [3.8, 4) is 0 Å². The van der Waals surface area contributed by atoms with Gasteiger partial charge in [0.05, 0.1) is 6.54 Å². The van der Waals surface area contributed by atoms with E-state index in [0.717, 1.165) is 4.47 Å². The molecule has 0 aliphatic carbocycles. The summed E-state index contributed by atoms with van der Waals surface area (Å²) in [5, 5.41) is 5.85. The van der Waals surface area contributed by atoms with Gasteiger partial charge in [-0.15, -0.1) is 0 Å². The van der Waals surface area contributed by atoms with Gasteiger partial charge in [0.15, 0.2) is 5.96 Å². The van der Waals surface area contributed by atoms with Crippen LogP contribution < -0.4 is 16.4 Å². The highest BCUT2D eigenvalue weighted by Gasteiger charge is 2.09. The van der Waals surface area contributed by atoms with Gasteiger partial charge in [-0.25, -0.2) is 0 Å². The molecule has 4 N–H and O–H groups in total. The van der Waals surface area contributed by atoms with Crippen LogP contribution in [0.4, 0.5) is 0 Å². The Morgan fingerprint density at radius 2 is 2.10 bits per heavy atom. The molecule has 0 fully saturated rings. The van der Waals surface area contributed by atoms with Crippen LogP contribution in [0.3, 0.4) is 0 Å². The van der Waals surface area contributed by atoms with Gasteiger partial charge in [0.2, 0.25) is 0 Å². The molecule has 0 saturated heterocycles. The van der Waals surface area contributed by atoms with E-state index < -0.39 is 0 Å². The van der Waals surface area contributed by atoms with Gasteiger partial charge in [-0.3, -0.25) is 9.79 Å². The van der Waals surface area contributed by atoms with Gasteiger partial charge in [0.1, 0.15) is 0 Å². The van der Waals surface area contributed by atoms with Crippen LogP contribution in [0.25, 0.3) is 0 Å². The van der Waals surface area contributed by atoms with Gasteiger partial charge in [-0.1, -0.05) is 22.0 Å². The van der Waals surface area contributed by atoms with Crippen LogP contribution in [0, 0.1) is 0 Å². The molecule has 0 saturated carbocycles. The molecular weight excluding hydrogens is 320 g/mol. The average Bonchev–Trinajstić information content (AvgIpc) is 2.32. The van der Waals surface area contributed by atoms with E-state index in [1.807, 2.05) is 32.9 Å². The number of hydrogen-bond donors (Lipinski definition) is 3. The summed E-state index contributed by atoms with van der Waals surface area (Å²) in [7, 11) is 0. The van der Waals surface area contributed by atoms with E-state index >= 15 is 0 Å². The molecule has 5 nitrogen and oxygen atoms in total. The van der Waals surface area contributed by atoms with Crippen molar-refractivity contribution in [2.45, 2.75) is 26.3 Å². The predicted octanol–water partition coefficient (Wildman–Crippen LogP) is 1.88. The summed E-state index contributed by atoms with van der Waals surface area (Å²) in [6.45, 7) is 6.89. The van der Waals surface area contributed by atoms with Gasteiger partial charge < -0.3 is 16.4 Å². The standard InChI is InChI=1S/C14H21BrN4O/c1-14(2,3)19-13(16)18-8-7-17-12(20)10-5-4-6-11(15)9-10/h4-6,9H,7-8H2,1-3H3,(H,17,20)(H3,16,18,19). The number of guanidine groups is 1. The Kier molecular flexibility index (Phi) is 6.01. The SMILES string of the molecule is CC(C)(C)NC(N)=NCCNC(=O)c1cccc(Br)c1. The molecule has 1 aromatic carbocycles. The molecule has 0 unspecified atom stereocenters. The number of rotatable bonds is 4. The molecule has 0 aliphatic rings. The average molecular weight is 341 g/mol. The van der Waals surface area contributed by atoms with Crippen LogP contribution >= 0.6 is 15.9 Å². The molecule has 20 heavy (non-hydrogen) atoms. The van der Waals surface area contributed by atoms with Crippen LogP contribution in [0.5, 0.6) is 0 Å². The van der Waals surface area contributed by atoms with Gasteiger partial charge in [0.25, 0.3) is 5.91 Å². The van der Waals surface area contributed by atoms with Crippen LogP contribution in [-0.4, -0.2) is 30.5 Å². The third-order valence-corrected chi connectivity index (χ3v) is 2.76. The molecule has 6 heteroatoms. The quantitative estimate of drug-likeness (QED) is 0.444. The second-order valence-electron chi connectivity index (χ2n) is 5.41. The maximum Gasteiger partial charge on any atom is 0.251 e. The molecule has 1 rings (SSSR count). The number of aliphatic imine (C=N–C) groups is 1. The van der Waals surface area contributed by atoms with Crippen LogP contribution in [-0.2, 0) is 0 Å². The highest BCUT2D eigenvalue weighted by molar-refractivity contribution is 9.10. The van der Waals surface area contributed by atoms with Crippen molar-refractivity contribution in [2.24, 2.45) is 10.7 Å². The largest absolute Gasteiger partial charge is 0.370 e. The fourth-order valence-corrected chi connectivity index (χ4v) is 1.90. The zero-order valence-corrected chi connectivity index (χ0v) is 13.6. The molecule has 0 aromatic heterocycles. The lowest BCUT2D eigenvalue weighted by molar-refractivity contribution is 0.0954. The van der Waals surface area contributed by atoms with Crippen molar-refractivity contribution in [3.63, 3.8) is 0 Å². The second kappa shape index (κ2) is 7.28. The minimum Gasteiger partial charge on any atom is -0.370 e. The minimum absolute atomic E-state index is 0.118. The Bertz CT molecular complexity index is 494. The van der Waals surface area contributed by atoms with E-state index in [9.17, 15) is 4.79 Å². The van der Waals surface area contributed by atoms with E-state index in [4.69, 9.17) is 5.73 Å².